The molecule has 2 rings (SSSR count). The molecule has 1 fully saturated rings. The lowest BCUT2D eigenvalue weighted by Gasteiger charge is -2.35. The van der Waals surface area contributed by atoms with Crippen molar-refractivity contribution in [3.63, 3.8) is 0 Å². The van der Waals surface area contributed by atoms with E-state index in [1.165, 1.54) is 5.56 Å². The largest absolute Gasteiger partial charge is 0.381 e. The Bertz CT molecular complexity index is 496. The van der Waals surface area contributed by atoms with Crippen molar-refractivity contribution in [2.45, 2.75) is 45.6 Å². The lowest BCUT2D eigenvalue weighted by atomic mass is 9.79. The molecular formula is C18H29ClN2O2. The van der Waals surface area contributed by atoms with E-state index < -0.39 is 5.41 Å². The first-order chi connectivity index (χ1) is 10.5. The Morgan fingerprint density at radius 3 is 2.17 bits per heavy atom. The Balaban J connectivity index is 0.00000264. The number of nitrogens with two attached hydrogens (primary N) is 1. The Morgan fingerprint density at radius 2 is 1.70 bits per heavy atom. The molecule has 1 aliphatic heterocycles. The normalized spacial score (nSPS) is 18.1. The van der Waals surface area contributed by atoms with Crippen molar-refractivity contribution in [3.05, 3.63) is 35.4 Å². The maximum atomic E-state index is 12.7. The zero-order chi connectivity index (χ0) is 16.2. The lowest BCUT2D eigenvalue weighted by molar-refractivity contribution is -0.136. The second-order valence-corrected chi connectivity index (χ2v) is 6.61. The van der Waals surface area contributed by atoms with E-state index in [1.54, 1.807) is 0 Å². The van der Waals surface area contributed by atoms with E-state index in [9.17, 15) is 4.79 Å². The Labute approximate surface area is 145 Å². The van der Waals surface area contributed by atoms with Gasteiger partial charge in [0.05, 0.1) is 11.5 Å². The summed E-state index contributed by atoms with van der Waals surface area (Å²) >= 11 is 0. The quantitative estimate of drug-likeness (QED) is 0.865. The first-order valence-corrected chi connectivity index (χ1v) is 8.17. The molecule has 3 N–H and O–H groups in total. The summed E-state index contributed by atoms with van der Waals surface area (Å²) in [5, 5.41) is 3.13. The number of amides is 1. The Kier molecular flexibility index (Phi) is 7.52. The van der Waals surface area contributed by atoms with Crippen molar-refractivity contribution < 1.29 is 9.53 Å². The predicted molar refractivity (Wildman–Crippen MR) is 95.9 cm³/mol. The summed E-state index contributed by atoms with van der Waals surface area (Å²) in [4.78, 5) is 12.7. The number of hydrogen-bond donors (Lipinski definition) is 2. The molecular weight excluding hydrogens is 312 g/mol. The van der Waals surface area contributed by atoms with E-state index in [1.807, 2.05) is 6.92 Å². The molecule has 0 bridgehead atoms. The minimum atomic E-state index is -0.468. The average molecular weight is 341 g/mol. The van der Waals surface area contributed by atoms with Gasteiger partial charge in [-0.2, -0.15) is 0 Å². The summed E-state index contributed by atoms with van der Waals surface area (Å²) in [7, 11) is 0. The third-order valence-corrected chi connectivity index (χ3v) is 4.77. The van der Waals surface area contributed by atoms with Gasteiger partial charge < -0.3 is 15.8 Å². The van der Waals surface area contributed by atoms with Crippen LogP contribution in [0.4, 0.5) is 0 Å². The molecule has 1 saturated heterocycles. The highest BCUT2D eigenvalue weighted by atomic mass is 35.5. The Morgan fingerprint density at radius 1 is 1.17 bits per heavy atom. The molecule has 0 spiro atoms. The second-order valence-electron chi connectivity index (χ2n) is 6.61. The predicted octanol–water partition coefficient (Wildman–Crippen LogP) is 3.16. The molecule has 0 aliphatic carbocycles. The van der Waals surface area contributed by atoms with Gasteiger partial charge in [0.25, 0.3) is 0 Å². The van der Waals surface area contributed by atoms with Crippen LogP contribution in [0, 0.1) is 5.41 Å². The van der Waals surface area contributed by atoms with Crippen LogP contribution in [-0.2, 0) is 9.53 Å². The van der Waals surface area contributed by atoms with Crippen LogP contribution in [0.15, 0.2) is 24.3 Å². The van der Waals surface area contributed by atoms with Gasteiger partial charge in [0.15, 0.2) is 0 Å². The van der Waals surface area contributed by atoms with Crippen molar-refractivity contribution in [2.75, 3.05) is 19.8 Å². The fourth-order valence-electron chi connectivity index (χ4n) is 2.89. The molecule has 1 atom stereocenters. The third kappa shape index (κ3) is 4.69. The molecule has 0 aromatic heterocycles. The van der Waals surface area contributed by atoms with Gasteiger partial charge in [-0.15, -0.1) is 12.4 Å². The van der Waals surface area contributed by atoms with Crippen LogP contribution in [0.1, 0.15) is 56.7 Å². The molecule has 0 saturated carbocycles. The first-order valence-electron chi connectivity index (χ1n) is 8.17. The number of nitrogens with one attached hydrogen (secondary N) is 1. The van der Waals surface area contributed by atoms with Gasteiger partial charge in [-0.1, -0.05) is 38.1 Å². The van der Waals surface area contributed by atoms with Gasteiger partial charge in [-0.05, 0) is 36.8 Å². The van der Waals surface area contributed by atoms with Crippen LogP contribution < -0.4 is 11.1 Å². The highest BCUT2D eigenvalue weighted by Crippen LogP contribution is 2.30. The smallest absolute Gasteiger partial charge is 0.228 e. The van der Waals surface area contributed by atoms with Gasteiger partial charge in [-0.3, -0.25) is 4.79 Å². The molecule has 0 radical (unpaired) electrons. The Hall–Kier alpha value is -1.10. The number of rotatable bonds is 5. The first kappa shape index (κ1) is 19.9. The van der Waals surface area contributed by atoms with Crippen LogP contribution in [-0.4, -0.2) is 25.7 Å². The van der Waals surface area contributed by atoms with Gasteiger partial charge in [0.2, 0.25) is 5.91 Å². The number of ether oxygens (including phenoxy) is 1. The summed E-state index contributed by atoms with van der Waals surface area (Å²) in [6, 6.07) is 8.45. The molecule has 130 valence electrons. The summed E-state index contributed by atoms with van der Waals surface area (Å²) < 4.78 is 5.37. The number of halogens is 1. The highest BCUT2D eigenvalue weighted by Gasteiger charge is 2.39. The van der Waals surface area contributed by atoms with Gasteiger partial charge >= 0.3 is 0 Å². The average Bonchev–Trinajstić information content (AvgIpc) is 2.55. The maximum Gasteiger partial charge on any atom is 0.228 e. The zero-order valence-electron chi connectivity index (χ0n) is 14.3. The minimum absolute atomic E-state index is 0. The maximum absolute atomic E-state index is 12.7. The number of benzene rings is 1. The van der Waals surface area contributed by atoms with Crippen LogP contribution in [0.25, 0.3) is 0 Å². The topological polar surface area (TPSA) is 64.4 Å². The summed E-state index contributed by atoms with van der Waals surface area (Å²) in [6.45, 7) is 7.98. The highest BCUT2D eigenvalue weighted by molar-refractivity contribution is 5.85. The van der Waals surface area contributed by atoms with E-state index in [4.69, 9.17) is 10.5 Å². The van der Waals surface area contributed by atoms with E-state index in [2.05, 4.69) is 43.4 Å². The molecule has 1 amide bonds. The van der Waals surface area contributed by atoms with E-state index in [-0.39, 0.29) is 24.4 Å². The molecule has 1 unspecified atom stereocenters. The minimum Gasteiger partial charge on any atom is -0.381 e. The SMILES string of the molecule is CC(C)c1ccc(C(C)NC(=O)C2(CN)CCOCC2)cc1.Cl. The van der Waals surface area contributed by atoms with Crippen LogP contribution >= 0.6 is 12.4 Å². The number of hydrogen-bond acceptors (Lipinski definition) is 3. The molecule has 1 aliphatic rings. The van der Waals surface area contributed by atoms with E-state index in [0.29, 0.717) is 38.5 Å². The van der Waals surface area contributed by atoms with Crippen molar-refractivity contribution in [3.8, 4) is 0 Å². The summed E-state index contributed by atoms with van der Waals surface area (Å²) in [5.74, 6) is 0.570. The third-order valence-electron chi connectivity index (χ3n) is 4.77. The molecule has 5 heteroatoms. The van der Waals surface area contributed by atoms with Gasteiger partial charge in [0.1, 0.15) is 0 Å². The van der Waals surface area contributed by atoms with Gasteiger partial charge in [-0.25, -0.2) is 0 Å². The molecule has 1 heterocycles. The van der Waals surface area contributed by atoms with Crippen LogP contribution in [0.5, 0.6) is 0 Å². The lowest BCUT2D eigenvalue weighted by Crippen LogP contribution is -2.49. The second kappa shape index (κ2) is 8.67. The van der Waals surface area contributed by atoms with Crippen molar-refractivity contribution in [2.24, 2.45) is 11.1 Å². The molecule has 1 aromatic rings. The summed E-state index contributed by atoms with van der Waals surface area (Å²) in [5.41, 5.74) is 7.85. The fourth-order valence-corrected chi connectivity index (χ4v) is 2.89. The fraction of sp³-hybridized carbons (Fsp3) is 0.611. The van der Waals surface area contributed by atoms with Gasteiger partial charge in [0, 0.05) is 19.8 Å². The number of carbonyl (C=O) groups excluding carboxylic acids is 1. The van der Waals surface area contributed by atoms with Crippen molar-refractivity contribution in [1.82, 2.24) is 5.32 Å². The van der Waals surface area contributed by atoms with Crippen molar-refractivity contribution >= 4 is 18.3 Å². The molecule has 23 heavy (non-hydrogen) atoms. The van der Waals surface area contributed by atoms with Crippen molar-refractivity contribution in [1.29, 1.82) is 0 Å². The zero-order valence-corrected chi connectivity index (χ0v) is 15.1. The summed E-state index contributed by atoms with van der Waals surface area (Å²) in [6.07, 6.45) is 1.41. The van der Waals surface area contributed by atoms with Crippen LogP contribution in [0.3, 0.4) is 0 Å². The van der Waals surface area contributed by atoms with E-state index in [0.717, 1.165) is 5.56 Å². The standard InChI is InChI=1S/C18H28N2O2.ClH/c1-13(2)15-4-6-16(7-5-15)14(3)20-17(21)18(12-19)8-10-22-11-9-18;/h4-7,13-14H,8-12,19H2,1-3H3,(H,20,21);1H. The van der Waals surface area contributed by atoms with Crippen LogP contribution in [0.2, 0.25) is 0 Å². The number of carbonyl (C=O) groups is 1. The molecule has 1 aromatic carbocycles. The molecule has 4 nitrogen and oxygen atoms in total. The monoisotopic (exact) mass is 340 g/mol. The van der Waals surface area contributed by atoms with E-state index >= 15 is 0 Å².